The van der Waals surface area contributed by atoms with Crippen LogP contribution >= 0.6 is 23.2 Å². The van der Waals surface area contributed by atoms with E-state index in [2.05, 4.69) is 6.92 Å². The van der Waals surface area contributed by atoms with E-state index in [4.69, 9.17) is 23.2 Å². The Morgan fingerprint density at radius 3 is 1.50 bits per heavy atom. The molecule has 0 bridgehead atoms. The van der Waals surface area contributed by atoms with Gasteiger partial charge in [0.25, 0.3) is 0 Å². The van der Waals surface area contributed by atoms with E-state index in [0.29, 0.717) is 0 Å². The van der Waals surface area contributed by atoms with Crippen LogP contribution in [0.25, 0.3) is 0 Å². The minimum absolute atomic E-state index is 0.0233. The van der Waals surface area contributed by atoms with Gasteiger partial charge in [0.1, 0.15) is 17.2 Å². The summed E-state index contributed by atoms with van der Waals surface area (Å²) in [6.07, 6.45) is 0. The van der Waals surface area contributed by atoms with Crippen LogP contribution in [0.2, 0.25) is 10.0 Å². The molecule has 3 rings (SSSR count). The van der Waals surface area contributed by atoms with Crippen molar-refractivity contribution < 1.29 is 15.3 Å². The Kier molecular flexibility index (Phi) is 5.30. The van der Waals surface area contributed by atoms with Gasteiger partial charge in [0.05, 0.1) is 10.0 Å². The summed E-state index contributed by atoms with van der Waals surface area (Å²) in [6, 6.07) is 17.3. The third-order valence-corrected chi connectivity index (χ3v) is 5.19. The van der Waals surface area contributed by atoms with Gasteiger partial charge >= 0.3 is 0 Å². The highest BCUT2D eigenvalue weighted by Crippen LogP contribution is 2.42. The average molecular weight is 389 g/mol. The van der Waals surface area contributed by atoms with E-state index < -0.39 is 0 Å². The van der Waals surface area contributed by atoms with Crippen molar-refractivity contribution in [2.45, 2.75) is 18.8 Å². The summed E-state index contributed by atoms with van der Waals surface area (Å²) in [5, 5.41) is 29.6. The molecule has 0 aliphatic rings. The van der Waals surface area contributed by atoms with E-state index in [9.17, 15) is 15.3 Å². The molecule has 1 atom stereocenters. The maximum absolute atomic E-state index is 9.75. The second kappa shape index (κ2) is 7.48. The molecule has 0 radical (unpaired) electrons. The van der Waals surface area contributed by atoms with Crippen LogP contribution in [0.4, 0.5) is 0 Å². The van der Waals surface area contributed by atoms with Crippen LogP contribution in [0, 0.1) is 0 Å². The summed E-state index contributed by atoms with van der Waals surface area (Å²) in [7, 11) is 0. The lowest BCUT2D eigenvalue weighted by Crippen LogP contribution is -2.10. The van der Waals surface area contributed by atoms with Crippen molar-refractivity contribution in [3.8, 4) is 17.2 Å². The molecular weight excluding hydrogens is 371 g/mol. The summed E-state index contributed by atoms with van der Waals surface area (Å²) >= 11 is 12.2. The van der Waals surface area contributed by atoms with Gasteiger partial charge in [0, 0.05) is 5.92 Å². The highest BCUT2D eigenvalue weighted by atomic mass is 35.5. The zero-order valence-electron chi connectivity index (χ0n) is 14.0. The number of benzene rings is 3. The van der Waals surface area contributed by atoms with Crippen LogP contribution < -0.4 is 0 Å². The summed E-state index contributed by atoms with van der Waals surface area (Å²) < 4.78 is 0. The SMILES string of the molecule is CC(c1ccc(O)cc1)C(c1ccc(O)c(Cl)c1)c1ccc(O)c(Cl)c1. The third kappa shape index (κ3) is 3.74. The molecule has 0 aliphatic heterocycles. The molecule has 0 spiro atoms. The van der Waals surface area contributed by atoms with Crippen molar-refractivity contribution >= 4 is 23.2 Å². The summed E-state index contributed by atoms with van der Waals surface area (Å²) in [4.78, 5) is 0. The molecule has 3 nitrogen and oxygen atoms in total. The van der Waals surface area contributed by atoms with Crippen molar-refractivity contribution in [1.29, 1.82) is 0 Å². The minimum Gasteiger partial charge on any atom is -0.508 e. The van der Waals surface area contributed by atoms with E-state index in [1.54, 1.807) is 36.4 Å². The van der Waals surface area contributed by atoms with Gasteiger partial charge in [-0.25, -0.2) is 0 Å². The first-order valence-electron chi connectivity index (χ1n) is 8.12. The van der Waals surface area contributed by atoms with E-state index in [1.807, 2.05) is 24.3 Å². The Bertz CT molecular complexity index is 872. The maximum atomic E-state index is 9.75. The molecule has 0 saturated heterocycles. The average Bonchev–Trinajstić information content (AvgIpc) is 2.62. The number of hydrogen-bond acceptors (Lipinski definition) is 3. The fraction of sp³-hybridized carbons (Fsp3) is 0.143. The van der Waals surface area contributed by atoms with Crippen LogP contribution in [0.5, 0.6) is 17.2 Å². The topological polar surface area (TPSA) is 60.7 Å². The van der Waals surface area contributed by atoms with Gasteiger partial charge in [-0.2, -0.15) is 0 Å². The van der Waals surface area contributed by atoms with Crippen molar-refractivity contribution in [2.75, 3.05) is 0 Å². The van der Waals surface area contributed by atoms with Gasteiger partial charge in [-0.15, -0.1) is 0 Å². The van der Waals surface area contributed by atoms with Gasteiger partial charge in [0.2, 0.25) is 0 Å². The second-order valence-electron chi connectivity index (χ2n) is 6.28. The second-order valence-corrected chi connectivity index (χ2v) is 7.09. The highest BCUT2D eigenvalue weighted by molar-refractivity contribution is 6.32. The standard InChI is InChI=1S/C21H18Cl2O3/c1-12(13-2-6-16(24)7-3-13)21(14-4-8-19(25)17(22)10-14)15-5-9-20(26)18(23)11-15/h2-12,21,24-26H,1H3. The van der Waals surface area contributed by atoms with Gasteiger partial charge < -0.3 is 15.3 Å². The summed E-state index contributed by atoms with van der Waals surface area (Å²) in [5.41, 5.74) is 2.85. The van der Waals surface area contributed by atoms with Crippen molar-refractivity contribution in [2.24, 2.45) is 0 Å². The third-order valence-electron chi connectivity index (χ3n) is 4.58. The predicted molar refractivity (Wildman–Crippen MR) is 105 cm³/mol. The van der Waals surface area contributed by atoms with Gasteiger partial charge in [-0.3, -0.25) is 0 Å². The number of aromatic hydroxyl groups is 3. The number of hydrogen-bond donors (Lipinski definition) is 3. The molecule has 0 saturated carbocycles. The smallest absolute Gasteiger partial charge is 0.134 e. The number of rotatable bonds is 4. The van der Waals surface area contributed by atoms with Crippen LogP contribution in [0.3, 0.4) is 0 Å². The first-order valence-corrected chi connectivity index (χ1v) is 8.88. The zero-order valence-corrected chi connectivity index (χ0v) is 15.5. The van der Waals surface area contributed by atoms with Crippen molar-refractivity contribution in [1.82, 2.24) is 0 Å². The molecule has 134 valence electrons. The molecule has 0 aliphatic carbocycles. The highest BCUT2D eigenvalue weighted by Gasteiger charge is 2.24. The number of phenolic OH excluding ortho intramolecular Hbond substituents is 3. The quantitative estimate of drug-likeness (QED) is 0.509. The maximum Gasteiger partial charge on any atom is 0.134 e. The van der Waals surface area contributed by atoms with E-state index >= 15 is 0 Å². The largest absolute Gasteiger partial charge is 0.508 e. The lowest BCUT2D eigenvalue weighted by molar-refractivity contribution is 0.473. The molecular formula is C21H18Cl2O3. The van der Waals surface area contributed by atoms with Crippen LogP contribution in [0.1, 0.15) is 35.4 Å². The van der Waals surface area contributed by atoms with Gasteiger partial charge in [-0.1, -0.05) is 54.4 Å². The van der Waals surface area contributed by atoms with Gasteiger partial charge in [0.15, 0.2) is 0 Å². The molecule has 26 heavy (non-hydrogen) atoms. The first-order chi connectivity index (χ1) is 12.4. The van der Waals surface area contributed by atoms with E-state index in [-0.39, 0.29) is 39.1 Å². The Morgan fingerprint density at radius 1 is 0.654 bits per heavy atom. The monoisotopic (exact) mass is 388 g/mol. The minimum atomic E-state index is -0.115. The Labute approximate surface area is 162 Å². The van der Waals surface area contributed by atoms with Crippen LogP contribution in [-0.2, 0) is 0 Å². The molecule has 3 N–H and O–H groups in total. The molecule has 0 heterocycles. The first kappa shape index (κ1) is 18.4. The van der Waals surface area contributed by atoms with Crippen molar-refractivity contribution in [3.63, 3.8) is 0 Å². The fourth-order valence-electron chi connectivity index (χ4n) is 3.17. The van der Waals surface area contributed by atoms with E-state index in [0.717, 1.165) is 16.7 Å². The molecule has 3 aromatic carbocycles. The fourth-order valence-corrected chi connectivity index (χ4v) is 3.55. The molecule has 0 amide bonds. The molecule has 1 unspecified atom stereocenters. The van der Waals surface area contributed by atoms with Crippen LogP contribution in [-0.4, -0.2) is 15.3 Å². The van der Waals surface area contributed by atoms with Crippen LogP contribution in [0.15, 0.2) is 60.7 Å². The molecule has 0 aromatic heterocycles. The summed E-state index contributed by atoms with van der Waals surface area (Å²) in [5.74, 6) is 0.163. The van der Waals surface area contributed by atoms with Gasteiger partial charge in [-0.05, 0) is 59.0 Å². The normalized spacial score (nSPS) is 12.3. The van der Waals surface area contributed by atoms with Crippen molar-refractivity contribution in [3.05, 3.63) is 87.4 Å². The Hall–Kier alpha value is -2.36. The zero-order chi connectivity index (χ0) is 18.8. The molecule has 5 heteroatoms. The number of halogens is 2. The number of phenols is 3. The summed E-state index contributed by atoms with van der Waals surface area (Å²) in [6.45, 7) is 2.07. The molecule has 0 fully saturated rings. The Morgan fingerprint density at radius 2 is 1.08 bits per heavy atom. The Balaban J connectivity index is 2.12. The van der Waals surface area contributed by atoms with E-state index in [1.165, 1.54) is 0 Å². The predicted octanol–water partition coefficient (Wildman–Crippen LogP) is 6.05. The lowest BCUT2D eigenvalue weighted by Gasteiger charge is -2.26. The lowest BCUT2D eigenvalue weighted by atomic mass is 9.78. The molecule has 3 aromatic rings.